The first-order valence-electron chi connectivity index (χ1n) is 8.58. The van der Waals surface area contributed by atoms with E-state index in [2.05, 4.69) is 37.3 Å². The van der Waals surface area contributed by atoms with Crippen LogP contribution in [-0.2, 0) is 14.3 Å². The summed E-state index contributed by atoms with van der Waals surface area (Å²) in [4.78, 5) is 20.3. The first-order valence-corrected chi connectivity index (χ1v) is 8.58. The molecule has 7 heteroatoms. The first-order chi connectivity index (χ1) is 12.6. The van der Waals surface area contributed by atoms with Gasteiger partial charge in [0.05, 0.1) is 12.3 Å². The van der Waals surface area contributed by atoms with E-state index in [4.69, 9.17) is 0 Å². The number of hydrogen-bond acceptors (Lipinski definition) is 3. The molecule has 4 nitrogen and oxygen atoms in total. The minimum absolute atomic E-state index is 0.0527. The van der Waals surface area contributed by atoms with Gasteiger partial charge < -0.3 is 10.1 Å². The molecule has 0 aliphatic carbocycles. The number of amides is 1. The largest absolute Gasteiger partial charge is 0.471 e. The van der Waals surface area contributed by atoms with Crippen LogP contribution in [0.5, 0.6) is 0 Å². The number of halogens is 3. The Morgan fingerprint density at radius 1 is 1.22 bits per heavy atom. The lowest BCUT2D eigenvalue weighted by Crippen LogP contribution is -2.30. The highest BCUT2D eigenvalue weighted by Crippen LogP contribution is 2.24. The maximum Gasteiger partial charge on any atom is 0.471 e. The molecule has 1 amide bonds. The van der Waals surface area contributed by atoms with Crippen molar-refractivity contribution in [3.05, 3.63) is 29.8 Å². The molecule has 1 aromatic rings. The summed E-state index contributed by atoms with van der Waals surface area (Å²) < 4.78 is 41.1. The second-order valence-electron chi connectivity index (χ2n) is 6.46. The Hall–Kier alpha value is -2.49. The van der Waals surface area contributed by atoms with Gasteiger partial charge in [0, 0.05) is 12.0 Å². The molecule has 0 spiro atoms. The summed E-state index contributed by atoms with van der Waals surface area (Å²) >= 11 is 0. The van der Waals surface area contributed by atoms with Gasteiger partial charge in [0.15, 0.2) is 0 Å². The molecular formula is C20H26F3NO3. The number of carbonyl (C=O) groups is 2. The standard InChI is InChI=1S/C16H18F3NO.C4H8O2/c1-4-15(2,3)11-7-9-12-8-5-6-10-13(12)20-14(21)16(17,18)19;1-2-3-6-4-5/h5-6,8,10H,4,11H2,1-3H3,(H,20,21);4H,2-3H2,1H3. The number of alkyl halides is 3. The van der Waals surface area contributed by atoms with Crippen LogP contribution in [0.2, 0.25) is 0 Å². The van der Waals surface area contributed by atoms with E-state index in [0.29, 0.717) is 25.1 Å². The predicted molar refractivity (Wildman–Crippen MR) is 99.0 cm³/mol. The van der Waals surface area contributed by atoms with E-state index in [1.807, 2.05) is 12.2 Å². The van der Waals surface area contributed by atoms with Crippen molar-refractivity contribution in [1.29, 1.82) is 0 Å². The molecule has 0 fully saturated rings. The second-order valence-corrected chi connectivity index (χ2v) is 6.46. The minimum atomic E-state index is -4.91. The molecule has 0 bridgehead atoms. The van der Waals surface area contributed by atoms with Crippen molar-refractivity contribution in [2.45, 2.75) is 53.1 Å². The Morgan fingerprint density at radius 2 is 1.85 bits per heavy atom. The number of anilines is 1. The van der Waals surface area contributed by atoms with Crippen LogP contribution < -0.4 is 5.32 Å². The van der Waals surface area contributed by atoms with Crippen molar-refractivity contribution in [3.8, 4) is 11.8 Å². The summed E-state index contributed by atoms with van der Waals surface area (Å²) in [6.07, 6.45) is -2.43. The number of nitrogens with one attached hydrogen (secondary N) is 1. The van der Waals surface area contributed by atoms with Gasteiger partial charge in [-0.05, 0) is 24.0 Å². The number of carbonyl (C=O) groups excluding carboxylic acids is 2. The molecule has 1 N–H and O–H groups in total. The van der Waals surface area contributed by atoms with Crippen molar-refractivity contribution in [3.63, 3.8) is 0 Å². The molecule has 150 valence electrons. The highest BCUT2D eigenvalue weighted by molar-refractivity contribution is 5.96. The van der Waals surface area contributed by atoms with E-state index in [1.54, 1.807) is 18.2 Å². The number of ether oxygens (including phenoxy) is 1. The molecule has 0 aliphatic heterocycles. The molecule has 0 aliphatic rings. The van der Waals surface area contributed by atoms with Crippen LogP contribution in [0.15, 0.2) is 24.3 Å². The van der Waals surface area contributed by atoms with Crippen LogP contribution in [0, 0.1) is 17.3 Å². The average molecular weight is 385 g/mol. The molecule has 1 aromatic carbocycles. The number of rotatable bonds is 6. The molecule has 0 saturated heterocycles. The van der Waals surface area contributed by atoms with Crippen molar-refractivity contribution >= 4 is 18.1 Å². The number of hydrogen-bond donors (Lipinski definition) is 1. The molecular weight excluding hydrogens is 359 g/mol. The normalized spacial score (nSPS) is 10.6. The maximum atomic E-state index is 12.3. The summed E-state index contributed by atoms with van der Waals surface area (Å²) in [5.41, 5.74) is 0.501. The molecule has 0 aromatic heterocycles. The SMILES string of the molecule is CCC(C)(C)CC#Cc1ccccc1NC(=O)C(F)(F)F.CCCOC=O. The molecule has 0 unspecified atom stereocenters. The monoisotopic (exact) mass is 385 g/mol. The summed E-state index contributed by atoms with van der Waals surface area (Å²) in [5, 5.41) is 1.85. The Labute approximate surface area is 158 Å². The fraction of sp³-hybridized carbons (Fsp3) is 0.500. The van der Waals surface area contributed by atoms with Gasteiger partial charge in [-0.15, -0.1) is 0 Å². The Bertz CT molecular complexity index is 658. The highest BCUT2D eigenvalue weighted by Gasteiger charge is 2.38. The molecule has 1 rings (SSSR count). The van der Waals surface area contributed by atoms with E-state index in [0.717, 1.165) is 12.8 Å². The van der Waals surface area contributed by atoms with Gasteiger partial charge in [-0.25, -0.2) is 0 Å². The Kier molecular flexibility index (Phi) is 10.9. The van der Waals surface area contributed by atoms with Crippen LogP contribution in [0.25, 0.3) is 0 Å². The fourth-order valence-corrected chi connectivity index (χ4v) is 1.56. The third-order valence-corrected chi connectivity index (χ3v) is 3.57. The third kappa shape index (κ3) is 11.0. The Balaban J connectivity index is 0.000000972. The number of para-hydroxylation sites is 1. The van der Waals surface area contributed by atoms with Gasteiger partial charge in [0.1, 0.15) is 0 Å². The van der Waals surface area contributed by atoms with Crippen LogP contribution in [0.3, 0.4) is 0 Å². The zero-order valence-electron chi connectivity index (χ0n) is 16.1. The predicted octanol–water partition coefficient (Wildman–Crippen LogP) is 4.93. The van der Waals surface area contributed by atoms with E-state index >= 15 is 0 Å². The summed E-state index contributed by atoms with van der Waals surface area (Å²) in [6, 6.07) is 6.20. The van der Waals surface area contributed by atoms with Crippen LogP contribution in [-0.4, -0.2) is 25.2 Å². The highest BCUT2D eigenvalue weighted by atomic mass is 19.4. The van der Waals surface area contributed by atoms with E-state index in [9.17, 15) is 22.8 Å². The van der Waals surface area contributed by atoms with Gasteiger partial charge >= 0.3 is 12.1 Å². The molecule has 27 heavy (non-hydrogen) atoms. The van der Waals surface area contributed by atoms with Crippen molar-refractivity contribution in [2.24, 2.45) is 5.41 Å². The van der Waals surface area contributed by atoms with E-state index in [-0.39, 0.29) is 11.1 Å². The molecule has 0 saturated carbocycles. The fourth-order valence-electron chi connectivity index (χ4n) is 1.56. The lowest BCUT2D eigenvalue weighted by molar-refractivity contribution is -0.167. The molecule has 0 radical (unpaired) electrons. The first kappa shape index (κ1) is 24.5. The minimum Gasteiger partial charge on any atom is -0.468 e. The topological polar surface area (TPSA) is 55.4 Å². The van der Waals surface area contributed by atoms with Crippen molar-refractivity contribution < 1.29 is 27.5 Å². The number of benzene rings is 1. The molecule has 0 atom stereocenters. The smallest absolute Gasteiger partial charge is 0.468 e. The zero-order valence-corrected chi connectivity index (χ0v) is 16.1. The van der Waals surface area contributed by atoms with Gasteiger partial charge in [-0.3, -0.25) is 9.59 Å². The molecule has 0 heterocycles. The summed E-state index contributed by atoms with van der Waals surface area (Å²) in [5.74, 6) is 3.80. The lowest BCUT2D eigenvalue weighted by atomic mass is 9.87. The summed E-state index contributed by atoms with van der Waals surface area (Å²) in [7, 11) is 0. The van der Waals surface area contributed by atoms with Gasteiger partial charge in [-0.1, -0.05) is 58.1 Å². The van der Waals surface area contributed by atoms with Crippen LogP contribution in [0.1, 0.15) is 52.5 Å². The quantitative estimate of drug-likeness (QED) is 0.429. The van der Waals surface area contributed by atoms with Crippen molar-refractivity contribution in [2.75, 3.05) is 11.9 Å². The average Bonchev–Trinajstić information content (AvgIpc) is 2.61. The van der Waals surface area contributed by atoms with Gasteiger partial charge in [-0.2, -0.15) is 13.2 Å². The van der Waals surface area contributed by atoms with Gasteiger partial charge in [0.2, 0.25) is 0 Å². The summed E-state index contributed by atoms with van der Waals surface area (Å²) in [6.45, 7) is 9.15. The van der Waals surface area contributed by atoms with Crippen molar-refractivity contribution in [1.82, 2.24) is 0 Å². The third-order valence-electron chi connectivity index (χ3n) is 3.57. The van der Waals surface area contributed by atoms with E-state index in [1.165, 1.54) is 6.07 Å². The second kappa shape index (κ2) is 12.0. The zero-order chi connectivity index (χ0) is 20.9. The van der Waals surface area contributed by atoms with Crippen LogP contribution >= 0.6 is 0 Å². The van der Waals surface area contributed by atoms with E-state index < -0.39 is 12.1 Å². The van der Waals surface area contributed by atoms with Crippen LogP contribution in [0.4, 0.5) is 18.9 Å². The lowest BCUT2D eigenvalue weighted by Gasteiger charge is -2.18. The maximum absolute atomic E-state index is 12.3. The Morgan fingerprint density at radius 3 is 2.33 bits per heavy atom. The van der Waals surface area contributed by atoms with Gasteiger partial charge in [0.25, 0.3) is 6.47 Å².